The van der Waals surface area contributed by atoms with E-state index >= 15 is 0 Å². The van der Waals surface area contributed by atoms with E-state index in [1.54, 1.807) is 6.20 Å². The molecule has 0 saturated heterocycles. The third-order valence-electron chi connectivity index (χ3n) is 1.74. The molecule has 84 valence electrons. The molecule has 0 aliphatic heterocycles. The average Bonchev–Trinajstić information content (AvgIpc) is 2.66. The molecular weight excluding hydrogens is 186 g/mol. The summed E-state index contributed by atoms with van der Waals surface area (Å²) in [6, 6.07) is 2.08. The minimum absolute atomic E-state index is 0.957. The second-order valence-corrected chi connectivity index (χ2v) is 2.69. The van der Waals surface area contributed by atoms with Crippen molar-refractivity contribution in [1.29, 1.82) is 0 Å². The Labute approximate surface area is 92.1 Å². The van der Waals surface area contributed by atoms with E-state index < -0.39 is 0 Å². The molecule has 0 radical (unpaired) electrons. The van der Waals surface area contributed by atoms with Crippen LogP contribution in [0.5, 0.6) is 0 Å². The molecule has 2 heterocycles. The van der Waals surface area contributed by atoms with Crippen molar-refractivity contribution in [3.05, 3.63) is 24.0 Å². The highest BCUT2D eigenvalue weighted by Gasteiger charge is 1.98. The van der Waals surface area contributed by atoms with E-state index in [0.29, 0.717) is 0 Å². The highest BCUT2D eigenvalue weighted by atomic mass is 15.3. The number of aryl methyl sites for hydroxylation is 2. The van der Waals surface area contributed by atoms with Gasteiger partial charge < -0.3 is 0 Å². The lowest BCUT2D eigenvalue weighted by Gasteiger charge is -1.93. The van der Waals surface area contributed by atoms with E-state index in [1.807, 2.05) is 52.5 Å². The van der Waals surface area contributed by atoms with Gasteiger partial charge in [0.15, 0.2) is 0 Å². The van der Waals surface area contributed by atoms with Crippen LogP contribution < -0.4 is 0 Å². The van der Waals surface area contributed by atoms with Gasteiger partial charge in [0.1, 0.15) is 5.52 Å². The van der Waals surface area contributed by atoms with Crippen molar-refractivity contribution in [2.75, 3.05) is 0 Å². The van der Waals surface area contributed by atoms with Gasteiger partial charge in [-0.25, -0.2) is 0 Å². The third-order valence-corrected chi connectivity index (χ3v) is 1.74. The van der Waals surface area contributed by atoms with E-state index in [1.165, 1.54) is 5.56 Å². The number of nitrogens with zero attached hydrogens (tertiary/aromatic N) is 3. The van der Waals surface area contributed by atoms with Gasteiger partial charge in [0, 0.05) is 13.2 Å². The van der Waals surface area contributed by atoms with Crippen molar-refractivity contribution < 1.29 is 0 Å². The van der Waals surface area contributed by atoms with Crippen molar-refractivity contribution >= 4 is 11.0 Å². The fourth-order valence-electron chi connectivity index (χ4n) is 1.13. The van der Waals surface area contributed by atoms with Gasteiger partial charge in [0.05, 0.1) is 11.7 Å². The quantitative estimate of drug-likeness (QED) is 0.663. The van der Waals surface area contributed by atoms with Crippen molar-refractivity contribution in [3.8, 4) is 0 Å². The van der Waals surface area contributed by atoms with Gasteiger partial charge in [-0.15, -0.1) is 0 Å². The maximum atomic E-state index is 4.22. The van der Waals surface area contributed by atoms with Gasteiger partial charge in [-0.2, -0.15) is 5.10 Å². The standard InChI is InChI=1S/C8H9N3.2C2H6/c1-6-3-8-7(9-4-6)5-10-11(8)2;2*1-2/h3-5H,1-2H3;2*1-2H3. The summed E-state index contributed by atoms with van der Waals surface area (Å²) in [6.07, 6.45) is 3.62. The molecule has 3 nitrogen and oxygen atoms in total. The summed E-state index contributed by atoms with van der Waals surface area (Å²) in [5.74, 6) is 0. The second kappa shape index (κ2) is 6.98. The first-order valence-electron chi connectivity index (χ1n) is 5.52. The van der Waals surface area contributed by atoms with Crippen molar-refractivity contribution in [1.82, 2.24) is 14.8 Å². The van der Waals surface area contributed by atoms with Crippen molar-refractivity contribution in [3.63, 3.8) is 0 Å². The van der Waals surface area contributed by atoms with Gasteiger partial charge in [-0.1, -0.05) is 27.7 Å². The molecule has 0 N–H and O–H groups in total. The normalized spacial score (nSPS) is 8.67. The summed E-state index contributed by atoms with van der Waals surface area (Å²) >= 11 is 0. The van der Waals surface area contributed by atoms with Crippen LogP contribution in [0.15, 0.2) is 18.5 Å². The molecule has 2 aromatic rings. The fraction of sp³-hybridized carbons (Fsp3) is 0.500. The predicted molar refractivity (Wildman–Crippen MR) is 65.9 cm³/mol. The molecule has 0 spiro atoms. The summed E-state index contributed by atoms with van der Waals surface area (Å²) < 4.78 is 1.83. The summed E-state index contributed by atoms with van der Waals surface area (Å²) in [5.41, 5.74) is 3.21. The molecule has 2 rings (SSSR count). The average molecular weight is 207 g/mol. The van der Waals surface area contributed by atoms with E-state index in [9.17, 15) is 0 Å². The largest absolute Gasteiger partial charge is 0.266 e. The van der Waals surface area contributed by atoms with Crippen molar-refractivity contribution in [2.24, 2.45) is 7.05 Å². The number of aromatic nitrogens is 3. The molecule has 3 heteroatoms. The number of hydrogen-bond donors (Lipinski definition) is 0. The number of pyridine rings is 1. The van der Waals surface area contributed by atoms with Crippen LogP contribution in [0.3, 0.4) is 0 Å². The maximum Gasteiger partial charge on any atom is 0.108 e. The molecule has 0 aliphatic carbocycles. The smallest absolute Gasteiger partial charge is 0.108 e. The monoisotopic (exact) mass is 207 g/mol. The molecule has 0 amide bonds. The first kappa shape index (κ1) is 13.6. The Morgan fingerprint density at radius 2 is 1.67 bits per heavy atom. The Kier molecular flexibility index (Phi) is 6.34. The molecule has 0 aromatic carbocycles. The Balaban J connectivity index is 0.000000442. The zero-order valence-corrected chi connectivity index (χ0v) is 10.6. The highest BCUT2D eigenvalue weighted by Crippen LogP contribution is 2.10. The molecule has 0 saturated carbocycles. The highest BCUT2D eigenvalue weighted by molar-refractivity contribution is 5.74. The fourth-order valence-corrected chi connectivity index (χ4v) is 1.13. The SMILES string of the molecule is CC.CC.Cc1cnc2cnn(C)c2c1. The molecule has 2 aromatic heterocycles. The van der Waals surface area contributed by atoms with Crippen LogP contribution in [0.4, 0.5) is 0 Å². The molecule has 0 atom stereocenters. The van der Waals surface area contributed by atoms with Gasteiger partial charge in [0.2, 0.25) is 0 Å². The minimum atomic E-state index is 0.957. The topological polar surface area (TPSA) is 30.7 Å². The van der Waals surface area contributed by atoms with Crippen molar-refractivity contribution in [2.45, 2.75) is 34.6 Å². The minimum Gasteiger partial charge on any atom is -0.266 e. The Morgan fingerprint density at radius 3 is 2.27 bits per heavy atom. The summed E-state index contributed by atoms with van der Waals surface area (Å²) in [4.78, 5) is 4.22. The van der Waals surface area contributed by atoms with Crippen LogP contribution in [-0.4, -0.2) is 14.8 Å². The molecule has 0 fully saturated rings. The predicted octanol–water partition coefficient (Wildman–Crippen LogP) is 3.33. The first-order valence-corrected chi connectivity index (χ1v) is 5.52. The summed E-state index contributed by atoms with van der Waals surface area (Å²) in [7, 11) is 1.92. The van der Waals surface area contributed by atoms with Crippen LogP contribution >= 0.6 is 0 Å². The molecular formula is C12H21N3. The van der Waals surface area contributed by atoms with Gasteiger partial charge >= 0.3 is 0 Å². The first-order chi connectivity index (χ1) is 7.27. The Hall–Kier alpha value is -1.38. The van der Waals surface area contributed by atoms with Gasteiger partial charge in [-0.3, -0.25) is 9.67 Å². The molecule has 0 aliphatic rings. The van der Waals surface area contributed by atoms with Gasteiger partial charge in [0.25, 0.3) is 0 Å². The number of rotatable bonds is 0. The molecule has 0 unspecified atom stereocenters. The lowest BCUT2D eigenvalue weighted by atomic mass is 10.3. The molecule has 15 heavy (non-hydrogen) atoms. The van der Waals surface area contributed by atoms with Crippen LogP contribution in [-0.2, 0) is 7.05 Å². The number of fused-ring (bicyclic) bond motifs is 1. The second-order valence-electron chi connectivity index (χ2n) is 2.69. The summed E-state index contributed by atoms with van der Waals surface area (Å²) in [6.45, 7) is 10.0. The maximum absolute atomic E-state index is 4.22. The summed E-state index contributed by atoms with van der Waals surface area (Å²) in [5, 5.41) is 4.09. The Bertz CT molecular complexity index is 391. The zero-order valence-electron chi connectivity index (χ0n) is 10.6. The van der Waals surface area contributed by atoms with E-state index in [4.69, 9.17) is 0 Å². The van der Waals surface area contributed by atoms with Crippen LogP contribution in [0.1, 0.15) is 33.3 Å². The van der Waals surface area contributed by atoms with E-state index in [0.717, 1.165) is 11.0 Å². The zero-order chi connectivity index (χ0) is 11.8. The third kappa shape index (κ3) is 3.35. The number of hydrogen-bond acceptors (Lipinski definition) is 2. The van der Waals surface area contributed by atoms with Crippen LogP contribution in [0, 0.1) is 6.92 Å². The van der Waals surface area contributed by atoms with E-state index in [2.05, 4.69) is 16.1 Å². The van der Waals surface area contributed by atoms with Gasteiger partial charge in [-0.05, 0) is 18.6 Å². The van der Waals surface area contributed by atoms with Crippen LogP contribution in [0.2, 0.25) is 0 Å². The van der Waals surface area contributed by atoms with Crippen LogP contribution in [0.25, 0.3) is 11.0 Å². The Morgan fingerprint density at radius 1 is 1.07 bits per heavy atom. The lowest BCUT2D eigenvalue weighted by Crippen LogP contribution is -1.89. The molecule has 0 bridgehead atoms. The van der Waals surface area contributed by atoms with E-state index in [-0.39, 0.29) is 0 Å². The lowest BCUT2D eigenvalue weighted by molar-refractivity contribution is 0.796.